The number of unbranched alkanes of at least 4 members (excludes halogenated alkanes) is 5. The van der Waals surface area contributed by atoms with Crippen LogP contribution in [-0.4, -0.2) is 6.10 Å². The minimum Gasteiger partial charge on any atom is -0.495 e. The molecule has 1 aliphatic heterocycles. The summed E-state index contributed by atoms with van der Waals surface area (Å²) in [6.07, 6.45) is 11.2. The van der Waals surface area contributed by atoms with Gasteiger partial charge in [0.1, 0.15) is 0 Å². The molecule has 1 saturated heterocycles. The average Bonchev–Trinajstić information content (AvgIpc) is 2.51. The van der Waals surface area contributed by atoms with Gasteiger partial charge in [0.2, 0.25) is 0 Å². The summed E-state index contributed by atoms with van der Waals surface area (Å²) in [6.45, 7) is 8.40. The Morgan fingerprint density at radius 3 is 2.47 bits per heavy atom. The second-order valence-corrected chi connectivity index (χ2v) is 4.88. The molecule has 2 atom stereocenters. The van der Waals surface area contributed by atoms with Crippen LogP contribution in [0, 0.1) is 5.92 Å². The van der Waals surface area contributed by atoms with Crippen LogP contribution in [0.3, 0.4) is 0 Å². The first-order valence-corrected chi connectivity index (χ1v) is 6.59. The van der Waals surface area contributed by atoms with Gasteiger partial charge >= 0.3 is 0 Å². The zero-order chi connectivity index (χ0) is 11.1. The zero-order valence-corrected chi connectivity index (χ0v) is 10.4. The van der Waals surface area contributed by atoms with Crippen LogP contribution in [-0.2, 0) is 4.74 Å². The van der Waals surface area contributed by atoms with Crippen molar-refractivity contribution in [3.05, 3.63) is 12.3 Å². The molecule has 1 fully saturated rings. The monoisotopic (exact) mass is 210 g/mol. The predicted molar refractivity (Wildman–Crippen MR) is 65.8 cm³/mol. The van der Waals surface area contributed by atoms with Crippen LogP contribution in [0.25, 0.3) is 0 Å². The van der Waals surface area contributed by atoms with E-state index in [1.165, 1.54) is 51.4 Å². The molecule has 0 aromatic heterocycles. The van der Waals surface area contributed by atoms with Gasteiger partial charge in [-0.3, -0.25) is 0 Å². The topological polar surface area (TPSA) is 9.23 Å². The van der Waals surface area contributed by atoms with Crippen LogP contribution in [0.1, 0.15) is 65.2 Å². The van der Waals surface area contributed by atoms with Crippen molar-refractivity contribution in [2.75, 3.05) is 0 Å². The summed E-state index contributed by atoms with van der Waals surface area (Å²) in [5.74, 6) is 1.68. The predicted octanol–water partition coefficient (Wildman–Crippen LogP) is 4.68. The van der Waals surface area contributed by atoms with E-state index in [-0.39, 0.29) is 0 Å². The lowest BCUT2D eigenvalue weighted by Crippen LogP contribution is -1.98. The van der Waals surface area contributed by atoms with Crippen molar-refractivity contribution in [2.45, 2.75) is 71.3 Å². The number of ether oxygens (including phenoxy) is 1. The smallest absolute Gasteiger partial charge is 0.0961 e. The highest BCUT2D eigenvalue weighted by Gasteiger charge is 2.25. The molecule has 0 aromatic rings. The van der Waals surface area contributed by atoms with Crippen LogP contribution in [0.5, 0.6) is 0 Å². The van der Waals surface area contributed by atoms with Gasteiger partial charge in [-0.15, -0.1) is 0 Å². The molecule has 15 heavy (non-hydrogen) atoms. The molecule has 1 nitrogen and oxygen atoms in total. The molecule has 2 unspecified atom stereocenters. The van der Waals surface area contributed by atoms with Crippen molar-refractivity contribution >= 4 is 0 Å². The first-order valence-electron chi connectivity index (χ1n) is 6.59. The Morgan fingerprint density at radius 1 is 1.20 bits per heavy atom. The second kappa shape index (κ2) is 6.92. The molecule has 88 valence electrons. The van der Waals surface area contributed by atoms with Crippen molar-refractivity contribution in [1.82, 2.24) is 0 Å². The Kier molecular flexibility index (Phi) is 5.82. The Labute approximate surface area is 94.9 Å². The largest absolute Gasteiger partial charge is 0.495 e. The highest BCUT2D eigenvalue weighted by Crippen LogP contribution is 2.32. The third-order valence-electron chi connectivity index (χ3n) is 3.33. The highest BCUT2D eigenvalue weighted by molar-refractivity contribution is 4.98. The Morgan fingerprint density at radius 2 is 1.87 bits per heavy atom. The van der Waals surface area contributed by atoms with E-state index in [9.17, 15) is 0 Å². The number of rotatable bonds is 7. The van der Waals surface area contributed by atoms with E-state index in [2.05, 4.69) is 20.4 Å². The van der Waals surface area contributed by atoms with Gasteiger partial charge in [-0.1, -0.05) is 52.0 Å². The molecule has 1 rings (SSSR count). The summed E-state index contributed by atoms with van der Waals surface area (Å²) in [6, 6.07) is 0. The van der Waals surface area contributed by atoms with Gasteiger partial charge in [-0.05, 0) is 19.8 Å². The number of allylic oxidation sites excluding steroid dienone is 1. The van der Waals surface area contributed by atoms with E-state index >= 15 is 0 Å². The molecule has 0 saturated carbocycles. The van der Waals surface area contributed by atoms with Crippen molar-refractivity contribution in [3.63, 3.8) is 0 Å². The van der Waals surface area contributed by atoms with Gasteiger partial charge in [0.05, 0.1) is 11.9 Å². The summed E-state index contributed by atoms with van der Waals surface area (Å²) < 4.78 is 5.57. The summed E-state index contributed by atoms with van der Waals surface area (Å²) in [5.41, 5.74) is 0. The summed E-state index contributed by atoms with van der Waals surface area (Å²) in [7, 11) is 0. The summed E-state index contributed by atoms with van der Waals surface area (Å²) in [5, 5.41) is 0. The van der Waals surface area contributed by atoms with Gasteiger partial charge < -0.3 is 4.74 Å². The lowest BCUT2D eigenvalue weighted by Gasteiger charge is -2.07. The van der Waals surface area contributed by atoms with E-state index in [0.717, 1.165) is 5.76 Å². The van der Waals surface area contributed by atoms with Crippen LogP contribution in [0.2, 0.25) is 0 Å². The van der Waals surface area contributed by atoms with E-state index in [1.54, 1.807) is 0 Å². The molecule has 0 radical (unpaired) electrons. The van der Waals surface area contributed by atoms with Crippen LogP contribution < -0.4 is 0 Å². The molecule has 1 heterocycles. The van der Waals surface area contributed by atoms with Crippen LogP contribution >= 0.6 is 0 Å². The Bertz CT molecular complexity index is 186. The second-order valence-electron chi connectivity index (χ2n) is 4.88. The first kappa shape index (κ1) is 12.6. The third-order valence-corrected chi connectivity index (χ3v) is 3.33. The van der Waals surface area contributed by atoms with Gasteiger partial charge in [0, 0.05) is 5.92 Å². The van der Waals surface area contributed by atoms with E-state index < -0.39 is 0 Å². The lowest BCUT2D eigenvalue weighted by atomic mass is 9.96. The third kappa shape index (κ3) is 4.72. The van der Waals surface area contributed by atoms with Gasteiger partial charge in [-0.2, -0.15) is 0 Å². The molecular weight excluding hydrogens is 184 g/mol. The summed E-state index contributed by atoms with van der Waals surface area (Å²) >= 11 is 0. The maximum atomic E-state index is 5.57. The molecule has 0 amide bonds. The Hall–Kier alpha value is -0.460. The van der Waals surface area contributed by atoms with Crippen LogP contribution in [0.15, 0.2) is 12.3 Å². The lowest BCUT2D eigenvalue weighted by molar-refractivity contribution is 0.178. The number of hydrogen-bond acceptors (Lipinski definition) is 1. The minimum atomic E-state index is 0.405. The van der Waals surface area contributed by atoms with E-state index in [1.807, 2.05) is 0 Å². The maximum absolute atomic E-state index is 5.57. The molecular formula is C14H26O. The maximum Gasteiger partial charge on any atom is 0.0961 e. The average molecular weight is 210 g/mol. The first-order chi connectivity index (χ1) is 7.24. The molecule has 0 bridgehead atoms. The molecule has 1 heteroatoms. The highest BCUT2D eigenvalue weighted by atomic mass is 16.5. The van der Waals surface area contributed by atoms with Crippen molar-refractivity contribution in [2.24, 2.45) is 5.92 Å². The quantitative estimate of drug-likeness (QED) is 0.555. The molecule has 0 spiro atoms. The molecule has 1 aliphatic rings. The summed E-state index contributed by atoms with van der Waals surface area (Å²) in [4.78, 5) is 0. The fourth-order valence-corrected chi connectivity index (χ4v) is 2.38. The van der Waals surface area contributed by atoms with Gasteiger partial charge in [0.15, 0.2) is 0 Å². The van der Waals surface area contributed by atoms with E-state index in [0.29, 0.717) is 12.0 Å². The van der Waals surface area contributed by atoms with Crippen molar-refractivity contribution in [3.8, 4) is 0 Å². The van der Waals surface area contributed by atoms with Crippen LogP contribution in [0.4, 0.5) is 0 Å². The van der Waals surface area contributed by atoms with E-state index in [4.69, 9.17) is 4.74 Å². The Balaban J connectivity index is 1.98. The van der Waals surface area contributed by atoms with Gasteiger partial charge in [-0.25, -0.2) is 0 Å². The zero-order valence-electron chi connectivity index (χ0n) is 10.4. The standard InChI is InChI=1S/C14H26O/c1-4-5-6-7-8-9-10-14-11-12(2)15-13(14)3/h12,14H,3-11H2,1-2H3. The fourth-order valence-electron chi connectivity index (χ4n) is 2.38. The molecule has 0 aliphatic carbocycles. The SMILES string of the molecule is C=C1OC(C)CC1CCCCCCCC. The molecule has 0 N–H and O–H groups in total. The number of hydrogen-bond donors (Lipinski definition) is 0. The van der Waals surface area contributed by atoms with Crippen molar-refractivity contribution in [1.29, 1.82) is 0 Å². The van der Waals surface area contributed by atoms with Crippen molar-refractivity contribution < 1.29 is 4.74 Å². The fraction of sp³-hybridized carbons (Fsp3) is 0.857. The van der Waals surface area contributed by atoms with Gasteiger partial charge in [0.25, 0.3) is 0 Å². The normalized spacial score (nSPS) is 25.6. The minimum absolute atomic E-state index is 0.405. The molecule has 0 aromatic carbocycles.